The van der Waals surface area contributed by atoms with Crippen LogP contribution in [0.2, 0.25) is 0 Å². The van der Waals surface area contributed by atoms with E-state index < -0.39 is 41.4 Å². The van der Waals surface area contributed by atoms with E-state index in [-0.39, 0.29) is 6.07 Å². The van der Waals surface area contributed by atoms with Crippen molar-refractivity contribution < 1.29 is 46.1 Å². The number of hydrogen-bond donors (Lipinski definition) is 2. The Hall–Kier alpha value is -2.20. The third kappa shape index (κ3) is 3.63. The Morgan fingerprint density at radius 2 is 1.74 bits per heavy atom. The fraction of sp³-hybridized carbons (Fsp3) is 0.250. The van der Waals surface area contributed by atoms with Crippen molar-refractivity contribution in [2.45, 2.75) is 12.5 Å². The van der Waals surface area contributed by atoms with Crippen molar-refractivity contribution in [3.8, 4) is 11.5 Å². The summed E-state index contributed by atoms with van der Waals surface area (Å²) in [6, 6.07) is -0.118. The topological polar surface area (TPSA) is 79.7 Å². The van der Waals surface area contributed by atoms with Crippen LogP contribution < -0.4 is 4.74 Å². The molecule has 0 unspecified atom stereocenters. The lowest BCUT2D eigenvalue weighted by molar-refractivity contribution is -0.276. The molecule has 106 valence electrons. The van der Waals surface area contributed by atoms with Gasteiger partial charge in [0.1, 0.15) is 0 Å². The second-order valence-corrected chi connectivity index (χ2v) is 3.05. The number of hydrogen-bond acceptors (Lipinski definition) is 4. The number of carboxylic acid groups (broad SMARTS) is 1. The van der Waals surface area contributed by atoms with Gasteiger partial charge in [0.15, 0.2) is 22.9 Å². The van der Waals surface area contributed by atoms with Crippen LogP contribution in [0.1, 0.15) is 16.2 Å². The van der Waals surface area contributed by atoms with Gasteiger partial charge in [0.25, 0.3) is 0 Å². The summed E-state index contributed by atoms with van der Waals surface area (Å²) >= 11 is 0. The van der Waals surface area contributed by atoms with Gasteiger partial charge in [0, 0.05) is 6.07 Å². The van der Waals surface area contributed by atoms with Gasteiger partial charge >= 0.3 is 18.5 Å². The number of aromatic nitrogens is 1. The first-order valence-corrected chi connectivity index (χ1v) is 4.22. The largest absolute Gasteiger partial charge is 0.573 e. The number of halogens is 6. The molecule has 1 rings (SSSR count). The van der Waals surface area contributed by atoms with Crippen LogP contribution in [-0.4, -0.2) is 27.5 Å². The van der Waals surface area contributed by atoms with Crippen LogP contribution in [0.3, 0.4) is 0 Å². The monoisotopic (exact) mass is 291 g/mol. The number of nitrogens with zero attached hydrogens (tertiary/aromatic N) is 1. The first-order valence-electron chi connectivity index (χ1n) is 4.22. The zero-order valence-corrected chi connectivity index (χ0v) is 8.50. The molecule has 0 spiro atoms. The SMILES string of the molecule is O=C(O)c1nc(C(F)(F)F)c(OC(F)(F)F)cc1O. The molecule has 0 aromatic carbocycles. The van der Waals surface area contributed by atoms with E-state index in [1.165, 1.54) is 0 Å². The highest BCUT2D eigenvalue weighted by Crippen LogP contribution is 2.39. The normalized spacial score (nSPS) is 12.3. The lowest BCUT2D eigenvalue weighted by atomic mass is 10.2. The number of carbonyl (C=O) groups is 1. The second kappa shape index (κ2) is 4.48. The molecule has 0 atom stereocenters. The van der Waals surface area contributed by atoms with Crippen molar-refractivity contribution in [2.75, 3.05) is 0 Å². The minimum absolute atomic E-state index is 0.118. The molecule has 11 heteroatoms. The molecule has 1 aromatic heterocycles. The molecule has 0 aliphatic heterocycles. The molecule has 0 aliphatic carbocycles. The second-order valence-electron chi connectivity index (χ2n) is 3.05. The molecule has 0 saturated carbocycles. The lowest BCUT2D eigenvalue weighted by Crippen LogP contribution is -2.22. The van der Waals surface area contributed by atoms with Crippen molar-refractivity contribution in [1.29, 1.82) is 0 Å². The molecule has 2 N–H and O–H groups in total. The summed E-state index contributed by atoms with van der Waals surface area (Å²) in [7, 11) is 0. The summed E-state index contributed by atoms with van der Waals surface area (Å²) in [4.78, 5) is 12.9. The van der Waals surface area contributed by atoms with Crippen LogP contribution in [-0.2, 0) is 6.18 Å². The molecule has 0 amide bonds. The average molecular weight is 291 g/mol. The third-order valence-corrected chi connectivity index (χ3v) is 1.66. The number of ether oxygens (including phenoxy) is 1. The van der Waals surface area contributed by atoms with Crippen LogP contribution in [0.15, 0.2) is 6.07 Å². The smallest absolute Gasteiger partial charge is 0.505 e. The number of pyridine rings is 1. The van der Waals surface area contributed by atoms with E-state index in [2.05, 4.69) is 9.72 Å². The standard InChI is InChI=1S/C8H3F6NO4/c9-7(10,11)5-3(19-8(12,13)14)1-2(16)4(15-5)6(17)18/h1,16H,(H,17,18). The molecule has 0 radical (unpaired) electrons. The molecular formula is C8H3F6NO4. The van der Waals surface area contributed by atoms with Crippen molar-refractivity contribution in [3.05, 3.63) is 17.5 Å². The summed E-state index contributed by atoms with van der Waals surface area (Å²) in [6.07, 6.45) is -10.8. The molecule has 0 saturated heterocycles. The van der Waals surface area contributed by atoms with Gasteiger partial charge in [0.05, 0.1) is 0 Å². The number of alkyl halides is 6. The van der Waals surface area contributed by atoms with Crippen molar-refractivity contribution in [1.82, 2.24) is 4.98 Å². The maximum Gasteiger partial charge on any atom is 0.573 e. The van der Waals surface area contributed by atoms with Gasteiger partial charge < -0.3 is 14.9 Å². The Kier molecular flexibility index (Phi) is 3.50. The molecule has 1 heterocycles. The summed E-state index contributed by atoms with van der Waals surface area (Å²) in [5, 5.41) is 17.4. The highest BCUT2D eigenvalue weighted by molar-refractivity contribution is 5.88. The van der Waals surface area contributed by atoms with Crippen LogP contribution >= 0.6 is 0 Å². The Labute approximate surface area is 99.6 Å². The van der Waals surface area contributed by atoms with Gasteiger partial charge in [-0.15, -0.1) is 13.2 Å². The Bertz CT molecular complexity index is 509. The number of rotatable bonds is 2. The highest BCUT2D eigenvalue weighted by Gasteiger charge is 2.42. The first-order chi connectivity index (χ1) is 8.42. The van der Waals surface area contributed by atoms with E-state index in [1.54, 1.807) is 0 Å². The van der Waals surface area contributed by atoms with Gasteiger partial charge in [-0.2, -0.15) is 13.2 Å². The van der Waals surface area contributed by atoms with Crippen molar-refractivity contribution >= 4 is 5.97 Å². The van der Waals surface area contributed by atoms with E-state index in [0.29, 0.717) is 0 Å². The maximum atomic E-state index is 12.4. The van der Waals surface area contributed by atoms with Crippen LogP contribution in [0, 0.1) is 0 Å². The van der Waals surface area contributed by atoms with Crippen molar-refractivity contribution in [3.63, 3.8) is 0 Å². The summed E-state index contributed by atoms with van der Waals surface area (Å²) in [6.45, 7) is 0. The van der Waals surface area contributed by atoms with Crippen LogP contribution in [0.25, 0.3) is 0 Å². The average Bonchev–Trinajstić information content (AvgIpc) is 2.11. The molecule has 19 heavy (non-hydrogen) atoms. The third-order valence-electron chi connectivity index (χ3n) is 1.66. The Balaban J connectivity index is 3.46. The fourth-order valence-electron chi connectivity index (χ4n) is 1.05. The van der Waals surface area contributed by atoms with E-state index >= 15 is 0 Å². The van der Waals surface area contributed by atoms with Crippen LogP contribution in [0.5, 0.6) is 11.5 Å². The summed E-state index contributed by atoms with van der Waals surface area (Å²) in [5.41, 5.74) is -3.65. The van der Waals surface area contributed by atoms with Crippen LogP contribution in [0.4, 0.5) is 26.3 Å². The molecule has 0 bridgehead atoms. The lowest BCUT2D eigenvalue weighted by Gasteiger charge is -2.15. The number of aromatic carboxylic acids is 1. The van der Waals surface area contributed by atoms with Gasteiger partial charge in [-0.05, 0) is 0 Å². The van der Waals surface area contributed by atoms with Gasteiger partial charge in [-0.1, -0.05) is 0 Å². The highest BCUT2D eigenvalue weighted by atomic mass is 19.4. The summed E-state index contributed by atoms with van der Waals surface area (Å²) < 4.78 is 75.9. The molecule has 1 aromatic rings. The van der Waals surface area contributed by atoms with E-state index in [1.807, 2.05) is 0 Å². The quantitative estimate of drug-likeness (QED) is 0.818. The molecule has 0 aliphatic rings. The van der Waals surface area contributed by atoms with E-state index in [4.69, 9.17) is 10.2 Å². The maximum absolute atomic E-state index is 12.4. The molecule has 5 nitrogen and oxygen atoms in total. The molecular weight excluding hydrogens is 288 g/mol. The zero-order valence-electron chi connectivity index (χ0n) is 8.50. The van der Waals surface area contributed by atoms with Crippen molar-refractivity contribution in [2.24, 2.45) is 0 Å². The predicted octanol–water partition coefficient (Wildman–Crippen LogP) is 2.40. The fourth-order valence-corrected chi connectivity index (χ4v) is 1.05. The van der Waals surface area contributed by atoms with Gasteiger partial charge in [0.2, 0.25) is 0 Å². The Morgan fingerprint density at radius 1 is 1.21 bits per heavy atom. The number of carboxylic acids is 1. The van der Waals surface area contributed by atoms with E-state index in [9.17, 15) is 31.1 Å². The van der Waals surface area contributed by atoms with Gasteiger partial charge in [-0.25, -0.2) is 9.78 Å². The summed E-state index contributed by atoms with van der Waals surface area (Å²) in [5.74, 6) is -5.27. The number of aromatic hydroxyl groups is 1. The minimum Gasteiger partial charge on any atom is -0.505 e. The Morgan fingerprint density at radius 3 is 2.11 bits per heavy atom. The van der Waals surface area contributed by atoms with E-state index in [0.717, 1.165) is 0 Å². The first kappa shape index (κ1) is 14.9. The van der Waals surface area contributed by atoms with Gasteiger partial charge in [-0.3, -0.25) is 0 Å². The zero-order chi connectivity index (χ0) is 15.0. The molecule has 0 fully saturated rings. The minimum atomic E-state index is -5.46. The predicted molar refractivity (Wildman–Crippen MR) is 44.5 cm³/mol.